The van der Waals surface area contributed by atoms with Crippen molar-refractivity contribution in [1.82, 2.24) is 20.4 Å². The first kappa shape index (κ1) is 19.9. The lowest BCUT2D eigenvalue weighted by Gasteiger charge is -2.19. The van der Waals surface area contributed by atoms with Crippen molar-refractivity contribution in [2.75, 3.05) is 66.5 Å². The normalized spacial score (nSPS) is 24.8. The minimum atomic E-state index is 1.18. The highest BCUT2D eigenvalue weighted by atomic mass is 15.1. The zero-order chi connectivity index (χ0) is 15.9. The van der Waals surface area contributed by atoms with Crippen molar-refractivity contribution >= 4 is 0 Å². The lowest BCUT2D eigenvalue weighted by atomic mass is 10.2. The number of hydrogen-bond donors (Lipinski definition) is 2. The van der Waals surface area contributed by atoms with Crippen molar-refractivity contribution in [2.45, 2.75) is 51.4 Å². The summed E-state index contributed by atoms with van der Waals surface area (Å²) in [6, 6.07) is 0. The summed E-state index contributed by atoms with van der Waals surface area (Å²) in [5.41, 5.74) is 0. The van der Waals surface area contributed by atoms with Gasteiger partial charge in [0.05, 0.1) is 0 Å². The summed E-state index contributed by atoms with van der Waals surface area (Å²) in [5, 5.41) is 7.15. The highest BCUT2D eigenvalue weighted by Crippen LogP contribution is 2.00. The standard InChI is InChI=1S/C18H40N4/c1-21-15-7-5-13-19-11-3-4-12-20-14-6-8-16-22(2)18-10-9-17-21/h19-20H,3-18H2,1-2H3. The Morgan fingerprint density at radius 1 is 0.455 bits per heavy atom. The maximum Gasteiger partial charge on any atom is -0.00213 e. The van der Waals surface area contributed by atoms with Gasteiger partial charge in [-0.15, -0.1) is 0 Å². The molecule has 1 aliphatic rings. The average molecular weight is 313 g/mol. The predicted octanol–water partition coefficient (Wildman–Crippen LogP) is 2.16. The Balaban J connectivity index is 2.16. The topological polar surface area (TPSA) is 30.5 Å². The molecule has 0 aromatic rings. The zero-order valence-electron chi connectivity index (χ0n) is 15.2. The molecule has 1 rings (SSSR count). The van der Waals surface area contributed by atoms with Gasteiger partial charge in [-0.2, -0.15) is 0 Å². The van der Waals surface area contributed by atoms with Gasteiger partial charge in [-0.05, 0) is 118 Å². The smallest absolute Gasteiger partial charge is 0.00213 e. The first-order valence-electron chi connectivity index (χ1n) is 9.57. The Bertz CT molecular complexity index is 211. The maximum absolute atomic E-state index is 3.58. The van der Waals surface area contributed by atoms with E-state index < -0.39 is 0 Å². The second-order valence-electron chi connectivity index (χ2n) is 6.93. The van der Waals surface area contributed by atoms with Gasteiger partial charge < -0.3 is 20.4 Å². The van der Waals surface area contributed by atoms with Gasteiger partial charge in [-0.1, -0.05) is 0 Å². The van der Waals surface area contributed by atoms with E-state index >= 15 is 0 Å². The van der Waals surface area contributed by atoms with Crippen molar-refractivity contribution in [2.24, 2.45) is 0 Å². The van der Waals surface area contributed by atoms with E-state index in [2.05, 4.69) is 34.5 Å². The van der Waals surface area contributed by atoms with Crippen molar-refractivity contribution in [3.8, 4) is 0 Å². The van der Waals surface area contributed by atoms with Crippen LogP contribution in [0.2, 0.25) is 0 Å². The van der Waals surface area contributed by atoms with Gasteiger partial charge in [0, 0.05) is 0 Å². The Labute approximate surface area is 139 Å². The first-order chi connectivity index (χ1) is 10.8. The van der Waals surface area contributed by atoms with Crippen LogP contribution in [0.3, 0.4) is 0 Å². The molecule has 1 heterocycles. The van der Waals surface area contributed by atoms with Gasteiger partial charge in [-0.3, -0.25) is 0 Å². The highest BCUT2D eigenvalue weighted by Gasteiger charge is 2.01. The summed E-state index contributed by atoms with van der Waals surface area (Å²) < 4.78 is 0. The van der Waals surface area contributed by atoms with E-state index in [1.54, 1.807) is 0 Å². The summed E-state index contributed by atoms with van der Waals surface area (Å²) in [5.74, 6) is 0. The molecule has 0 radical (unpaired) electrons. The highest BCUT2D eigenvalue weighted by molar-refractivity contribution is 4.59. The minimum absolute atomic E-state index is 1.18. The molecular weight excluding hydrogens is 272 g/mol. The van der Waals surface area contributed by atoms with Crippen LogP contribution >= 0.6 is 0 Å². The second-order valence-corrected chi connectivity index (χ2v) is 6.93. The molecule has 0 spiro atoms. The van der Waals surface area contributed by atoms with E-state index in [0.717, 1.165) is 0 Å². The van der Waals surface area contributed by atoms with E-state index in [9.17, 15) is 0 Å². The van der Waals surface area contributed by atoms with E-state index in [-0.39, 0.29) is 0 Å². The molecule has 4 nitrogen and oxygen atoms in total. The van der Waals surface area contributed by atoms with Crippen LogP contribution in [0.15, 0.2) is 0 Å². The Kier molecular flexibility index (Phi) is 13.0. The van der Waals surface area contributed by atoms with E-state index in [4.69, 9.17) is 0 Å². The fraction of sp³-hybridized carbons (Fsp3) is 1.00. The SMILES string of the molecule is CN1CCCCNCCCCNCCCCN(C)CCCC1. The molecule has 1 aliphatic heterocycles. The van der Waals surface area contributed by atoms with Gasteiger partial charge in [0.25, 0.3) is 0 Å². The number of hydrogen-bond acceptors (Lipinski definition) is 4. The van der Waals surface area contributed by atoms with Gasteiger partial charge in [0.15, 0.2) is 0 Å². The Morgan fingerprint density at radius 2 is 0.727 bits per heavy atom. The van der Waals surface area contributed by atoms with Gasteiger partial charge >= 0.3 is 0 Å². The van der Waals surface area contributed by atoms with Crippen LogP contribution in [0, 0.1) is 0 Å². The second kappa shape index (κ2) is 14.4. The quantitative estimate of drug-likeness (QED) is 0.718. The van der Waals surface area contributed by atoms with Crippen LogP contribution in [0.5, 0.6) is 0 Å². The van der Waals surface area contributed by atoms with E-state index in [1.807, 2.05) is 0 Å². The first-order valence-corrected chi connectivity index (χ1v) is 9.57. The maximum atomic E-state index is 3.58. The number of nitrogens with one attached hydrogen (secondary N) is 2. The van der Waals surface area contributed by atoms with Crippen LogP contribution in [-0.2, 0) is 0 Å². The summed E-state index contributed by atoms with van der Waals surface area (Å²) in [6.45, 7) is 9.75. The Hall–Kier alpha value is -0.160. The molecule has 0 bridgehead atoms. The molecule has 1 saturated heterocycles. The predicted molar refractivity (Wildman–Crippen MR) is 97.7 cm³/mol. The molecule has 0 aromatic heterocycles. The van der Waals surface area contributed by atoms with Crippen LogP contribution in [-0.4, -0.2) is 76.3 Å². The lowest BCUT2D eigenvalue weighted by molar-refractivity contribution is 0.286. The monoisotopic (exact) mass is 312 g/mol. The molecule has 22 heavy (non-hydrogen) atoms. The summed E-state index contributed by atoms with van der Waals surface area (Å²) >= 11 is 0. The third-order valence-corrected chi connectivity index (χ3v) is 4.57. The molecule has 0 atom stereocenters. The molecule has 132 valence electrons. The molecule has 2 N–H and O–H groups in total. The van der Waals surface area contributed by atoms with Crippen molar-refractivity contribution in [1.29, 1.82) is 0 Å². The summed E-state index contributed by atoms with van der Waals surface area (Å²) in [6.07, 6.45) is 10.5. The summed E-state index contributed by atoms with van der Waals surface area (Å²) in [4.78, 5) is 5.01. The molecule has 4 heteroatoms. The van der Waals surface area contributed by atoms with Gasteiger partial charge in [-0.25, -0.2) is 0 Å². The van der Waals surface area contributed by atoms with E-state index in [0.29, 0.717) is 0 Å². The number of rotatable bonds is 0. The molecular formula is C18H40N4. The van der Waals surface area contributed by atoms with Crippen molar-refractivity contribution in [3.05, 3.63) is 0 Å². The molecule has 0 aliphatic carbocycles. The third kappa shape index (κ3) is 12.4. The molecule has 1 fully saturated rings. The van der Waals surface area contributed by atoms with Crippen LogP contribution in [0.4, 0.5) is 0 Å². The van der Waals surface area contributed by atoms with Crippen molar-refractivity contribution < 1.29 is 0 Å². The Morgan fingerprint density at radius 3 is 1.09 bits per heavy atom. The van der Waals surface area contributed by atoms with Gasteiger partial charge in [0.2, 0.25) is 0 Å². The van der Waals surface area contributed by atoms with Crippen LogP contribution in [0.1, 0.15) is 51.4 Å². The largest absolute Gasteiger partial charge is 0.317 e. The van der Waals surface area contributed by atoms with Crippen molar-refractivity contribution in [3.63, 3.8) is 0 Å². The molecule has 0 amide bonds. The summed E-state index contributed by atoms with van der Waals surface area (Å²) in [7, 11) is 4.55. The fourth-order valence-electron chi connectivity index (χ4n) is 3.00. The lowest BCUT2D eigenvalue weighted by Crippen LogP contribution is -2.26. The number of nitrogens with zero attached hydrogens (tertiary/aromatic N) is 2. The fourth-order valence-corrected chi connectivity index (χ4v) is 3.00. The van der Waals surface area contributed by atoms with E-state index in [1.165, 1.54) is 104 Å². The zero-order valence-corrected chi connectivity index (χ0v) is 15.2. The van der Waals surface area contributed by atoms with Crippen LogP contribution < -0.4 is 10.6 Å². The molecule has 0 aromatic carbocycles. The average Bonchev–Trinajstić information content (AvgIpc) is 2.51. The third-order valence-electron chi connectivity index (χ3n) is 4.57. The van der Waals surface area contributed by atoms with Crippen LogP contribution in [0.25, 0.3) is 0 Å². The van der Waals surface area contributed by atoms with Gasteiger partial charge in [0.1, 0.15) is 0 Å². The minimum Gasteiger partial charge on any atom is -0.317 e. The molecule has 0 unspecified atom stereocenters. The molecule has 0 saturated carbocycles.